The Hall–Kier alpha value is -1.74. The molecule has 8 heteroatoms. The summed E-state index contributed by atoms with van der Waals surface area (Å²) in [7, 11) is 0. The molecule has 2 heterocycles. The summed E-state index contributed by atoms with van der Waals surface area (Å²) in [4.78, 5) is 9.45. The molecule has 0 saturated heterocycles. The molecule has 0 spiro atoms. The third kappa shape index (κ3) is 5.98. The van der Waals surface area contributed by atoms with Gasteiger partial charge in [0.2, 0.25) is 0 Å². The van der Waals surface area contributed by atoms with E-state index in [-0.39, 0.29) is 0 Å². The summed E-state index contributed by atoms with van der Waals surface area (Å²) in [6.07, 6.45) is 3.79. The maximum Gasteiger partial charge on any atom is 0.174 e. The molecule has 2 aromatic heterocycles. The largest absolute Gasteiger partial charge is 0.208 e. The van der Waals surface area contributed by atoms with Crippen LogP contribution in [0, 0.1) is 11.8 Å². The van der Waals surface area contributed by atoms with Crippen molar-refractivity contribution in [2.75, 3.05) is 11.5 Å². The minimum absolute atomic E-state index is 0.535. The van der Waals surface area contributed by atoms with E-state index in [2.05, 4.69) is 52.1 Å². The Balaban J connectivity index is 1.15. The number of aromatic nitrogens is 4. The summed E-state index contributed by atoms with van der Waals surface area (Å²) < 4.78 is 11.2. The maximum atomic E-state index is 4.76. The zero-order chi connectivity index (χ0) is 21.8. The summed E-state index contributed by atoms with van der Waals surface area (Å²) in [5.41, 5.74) is 3.53. The molecule has 4 aromatic rings. The molecule has 1 unspecified atom stereocenters. The average molecular weight is 497 g/mol. The van der Waals surface area contributed by atoms with Crippen LogP contribution >= 0.6 is 46.6 Å². The van der Waals surface area contributed by atoms with Gasteiger partial charge in [0.15, 0.2) is 20.3 Å². The number of rotatable bonds is 10. The first-order chi connectivity index (χ1) is 15.7. The molecule has 0 aliphatic heterocycles. The summed E-state index contributed by atoms with van der Waals surface area (Å²) in [6, 6.07) is 18.9. The number of hydrogen-bond donors (Lipinski definition) is 0. The molecule has 32 heavy (non-hydrogen) atoms. The minimum atomic E-state index is 0.535. The van der Waals surface area contributed by atoms with Crippen LogP contribution in [0.1, 0.15) is 25.3 Å². The summed E-state index contributed by atoms with van der Waals surface area (Å²) >= 11 is 6.67. The molecule has 164 valence electrons. The van der Waals surface area contributed by atoms with E-state index in [1.54, 1.807) is 11.8 Å². The predicted molar refractivity (Wildman–Crippen MR) is 138 cm³/mol. The molecular formula is C24H24N4S4. The molecule has 1 aliphatic rings. The van der Waals surface area contributed by atoms with Gasteiger partial charge in [-0.15, -0.1) is 0 Å². The third-order valence-corrected chi connectivity index (χ3v) is 9.47. The van der Waals surface area contributed by atoms with E-state index in [0.717, 1.165) is 49.5 Å². The van der Waals surface area contributed by atoms with Gasteiger partial charge in [0.05, 0.1) is 0 Å². The van der Waals surface area contributed by atoms with Crippen LogP contribution in [-0.4, -0.2) is 30.2 Å². The van der Waals surface area contributed by atoms with Crippen molar-refractivity contribution in [2.24, 2.45) is 11.8 Å². The van der Waals surface area contributed by atoms with Crippen LogP contribution < -0.4 is 0 Å². The van der Waals surface area contributed by atoms with E-state index >= 15 is 0 Å². The monoisotopic (exact) mass is 496 g/mol. The van der Waals surface area contributed by atoms with Gasteiger partial charge in [-0.25, -0.2) is 9.97 Å². The quantitative estimate of drug-likeness (QED) is 0.216. The molecule has 0 bridgehead atoms. The lowest BCUT2D eigenvalue weighted by atomic mass is 10.0. The molecule has 1 atom stereocenters. The van der Waals surface area contributed by atoms with Crippen molar-refractivity contribution in [1.82, 2.24) is 18.7 Å². The predicted octanol–water partition coefficient (Wildman–Crippen LogP) is 7.20. The summed E-state index contributed by atoms with van der Waals surface area (Å²) in [6.45, 7) is 2.30. The second kappa shape index (κ2) is 10.5. The highest BCUT2D eigenvalue weighted by molar-refractivity contribution is 8.01. The lowest BCUT2D eigenvalue weighted by Gasteiger charge is -2.10. The fourth-order valence-corrected chi connectivity index (χ4v) is 6.83. The van der Waals surface area contributed by atoms with Gasteiger partial charge < -0.3 is 0 Å². The van der Waals surface area contributed by atoms with Gasteiger partial charge in [-0.3, -0.25) is 0 Å². The molecule has 1 fully saturated rings. The van der Waals surface area contributed by atoms with Gasteiger partial charge in [-0.1, -0.05) is 79.0 Å². The zero-order valence-corrected chi connectivity index (χ0v) is 21.1. The highest BCUT2D eigenvalue weighted by Gasteiger charge is 2.22. The molecule has 1 aliphatic carbocycles. The van der Waals surface area contributed by atoms with E-state index in [9.17, 15) is 0 Å². The van der Waals surface area contributed by atoms with Crippen LogP contribution in [0.15, 0.2) is 63.3 Å². The molecule has 4 nitrogen and oxygen atoms in total. The Bertz CT molecular complexity index is 1150. The van der Waals surface area contributed by atoms with E-state index in [4.69, 9.17) is 9.97 Å². The van der Waals surface area contributed by atoms with Gasteiger partial charge in [0.1, 0.15) is 0 Å². The smallest absolute Gasteiger partial charge is 0.174 e. The van der Waals surface area contributed by atoms with E-state index < -0.39 is 0 Å². The van der Waals surface area contributed by atoms with Crippen LogP contribution in [0.25, 0.3) is 22.8 Å². The van der Waals surface area contributed by atoms with Crippen LogP contribution in [0.4, 0.5) is 0 Å². The van der Waals surface area contributed by atoms with Crippen LogP contribution in [0.3, 0.4) is 0 Å². The Morgan fingerprint density at radius 2 is 1.56 bits per heavy atom. The summed E-state index contributed by atoms with van der Waals surface area (Å²) in [5, 5.41) is 0. The SMILES string of the molecule is CC(CSc1nc(-c2ccccc2)ns1)Cc1cccc(-c2nsc(SCC3CC3)n2)c1. The van der Waals surface area contributed by atoms with E-state index in [1.165, 1.54) is 47.2 Å². The fourth-order valence-electron chi connectivity index (χ4n) is 3.34. The normalized spacial score (nSPS) is 14.5. The minimum Gasteiger partial charge on any atom is -0.208 e. The van der Waals surface area contributed by atoms with Crippen LogP contribution in [0.2, 0.25) is 0 Å². The molecular weight excluding hydrogens is 473 g/mol. The topological polar surface area (TPSA) is 51.6 Å². The Morgan fingerprint density at radius 1 is 0.875 bits per heavy atom. The van der Waals surface area contributed by atoms with Crippen LogP contribution in [-0.2, 0) is 6.42 Å². The van der Waals surface area contributed by atoms with Crippen molar-refractivity contribution >= 4 is 46.6 Å². The number of thioether (sulfide) groups is 2. The van der Waals surface area contributed by atoms with Gasteiger partial charge in [-0.05, 0) is 65.8 Å². The first-order valence-electron chi connectivity index (χ1n) is 10.8. The molecule has 0 amide bonds. The van der Waals surface area contributed by atoms with Crippen LogP contribution in [0.5, 0.6) is 0 Å². The maximum absolute atomic E-state index is 4.76. The van der Waals surface area contributed by atoms with Gasteiger partial charge in [0.25, 0.3) is 0 Å². The number of hydrogen-bond acceptors (Lipinski definition) is 8. The second-order valence-corrected chi connectivity index (χ2v) is 12.2. The van der Waals surface area contributed by atoms with Gasteiger partial charge in [0, 0.05) is 22.6 Å². The van der Waals surface area contributed by atoms with Crippen molar-refractivity contribution in [1.29, 1.82) is 0 Å². The molecule has 5 rings (SSSR count). The van der Waals surface area contributed by atoms with Crippen molar-refractivity contribution in [3.05, 3.63) is 60.2 Å². The first-order valence-corrected chi connectivity index (χ1v) is 14.3. The van der Waals surface area contributed by atoms with E-state index in [1.807, 2.05) is 30.0 Å². The lowest BCUT2D eigenvalue weighted by molar-refractivity contribution is 0.658. The standard InChI is InChI=1S/C24H24N4S4/c1-16(14-29-23-25-21(27-31-23)19-7-3-2-4-8-19)12-18-6-5-9-20(13-18)22-26-24(32-28-22)30-15-17-10-11-17/h2-9,13,16-17H,10-12,14-15H2,1H3. The third-order valence-electron chi connectivity index (χ3n) is 5.25. The first kappa shape index (κ1) is 22.1. The number of benzene rings is 2. The molecule has 0 N–H and O–H groups in total. The highest BCUT2D eigenvalue weighted by Crippen LogP contribution is 2.36. The molecule has 1 saturated carbocycles. The zero-order valence-electron chi connectivity index (χ0n) is 17.8. The van der Waals surface area contributed by atoms with Crippen molar-refractivity contribution in [3.8, 4) is 22.8 Å². The van der Waals surface area contributed by atoms with Crippen molar-refractivity contribution in [2.45, 2.75) is 34.9 Å². The Labute approximate surface area is 205 Å². The number of nitrogens with zero attached hydrogens (tertiary/aromatic N) is 4. The van der Waals surface area contributed by atoms with Crippen molar-refractivity contribution in [3.63, 3.8) is 0 Å². The fraction of sp³-hybridized carbons (Fsp3) is 0.333. The summed E-state index contributed by atoms with van der Waals surface area (Å²) in [5.74, 6) is 5.33. The van der Waals surface area contributed by atoms with Crippen molar-refractivity contribution < 1.29 is 0 Å². The Kier molecular flexibility index (Phi) is 7.22. The second-order valence-electron chi connectivity index (χ2n) is 8.21. The van der Waals surface area contributed by atoms with Gasteiger partial charge >= 0.3 is 0 Å². The lowest BCUT2D eigenvalue weighted by Crippen LogP contribution is -2.03. The average Bonchev–Trinajstić information content (AvgIpc) is 3.32. The Morgan fingerprint density at radius 3 is 2.31 bits per heavy atom. The highest BCUT2D eigenvalue weighted by atomic mass is 32.2. The molecule has 2 aromatic carbocycles. The molecule has 0 radical (unpaired) electrons. The van der Waals surface area contributed by atoms with Gasteiger partial charge in [-0.2, -0.15) is 8.75 Å². The van der Waals surface area contributed by atoms with E-state index in [0.29, 0.717) is 5.92 Å².